The van der Waals surface area contributed by atoms with Crippen LogP contribution in [0, 0.1) is 0 Å². The molecule has 1 aliphatic heterocycles. The Balaban J connectivity index is 2.55. The predicted molar refractivity (Wildman–Crippen MR) is 32.4 cm³/mol. The normalized spacial score (nSPS) is 20.9. The summed E-state index contributed by atoms with van der Waals surface area (Å²) in [6.07, 6.45) is 4.00. The highest BCUT2D eigenvalue weighted by Gasteiger charge is 2.09. The van der Waals surface area contributed by atoms with Gasteiger partial charge in [0, 0.05) is 33.5 Å². The topological polar surface area (TPSA) is 9.72 Å². The van der Waals surface area contributed by atoms with Gasteiger partial charge in [0.2, 0.25) is 0 Å². The van der Waals surface area contributed by atoms with E-state index in [-0.39, 0.29) is 0 Å². The summed E-state index contributed by atoms with van der Waals surface area (Å²) in [4.78, 5) is 0. The van der Waals surface area contributed by atoms with Gasteiger partial charge in [-0.3, -0.25) is 10.0 Å². The van der Waals surface area contributed by atoms with Gasteiger partial charge >= 0.3 is 0 Å². The molecule has 3 heteroatoms. The van der Waals surface area contributed by atoms with Crippen molar-refractivity contribution in [2.24, 2.45) is 0 Å². The van der Waals surface area contributed by atoms with Crippen molar-refractivity contribution < 1.29 is 0 Å². The van der Waals surface area contributed by atoms with Gasteiger partial charge in [-0.15, -0.1) is 5.12 Å². The first-order valence-electron chi connectivity index (χ1n) is 2.59. The summed E-state index contributed by atoms with van der Waals surface area (Å²) in [5.74, 6) is 0. The zero-order valence-electron chi connectivity index (χ0n) is 5.50. The van der Waals surface area contributed by atoms with Crippen LogP contribution in [0.5, 0.6) is 0 Å². The average Bonchev–Trinajstić information content (AvgIpc) is 1.98. The summed E-state index contributed by atoms with van der Waals surface area (Å²) < 4.78 is 0. The van der Waals surface area contributed by atoms with Crippen LogP contribution < -0.4 is 0 Å². The monoisotopic (exact) mass is 113 g/mol. The predicted octanol–water partition coefficient (Wildman–Crippen LogP) is 0.0966. The number of rotatable bonds is 0. The lowest BCUT2D eigenvalue weighted by atomic mass is 10.9. The van der Waals surface area contributed by atoms with Crippen molar-refractivity contribution in [3.8, 4) is 0 Å². The SMILES string of the molecule is CN1C=CN(C)N1C. The van der Waals surface area contributed by atoms with E-state index >= 15 is 0 Å². The van der Waals surface area contributed by atoms with Crippen LogP contribution in [-0.2, 0) is 0 Å². The zero-order chi connectivity index (χ0) is 6.15. The van der Waals surface area contributed by atoms with Gasteiger partial charge in [0.15, 0.2) is 0 Å². The van der Waals surface area contributed by atoms with E-state index < -0.39 is 0 Å². The van der Waals surface area contributed by atoms with Gasteiger partial charge in [-0.05, 0) is 0 Å². The first-order valence-corrected chi connectivity index (χ1v) is 2.59. The maximum Gasteiger partial charge on any atom is 0.0349 e. The van der Waals surface area contributed by atoms with Crippen molar-refractivity contribution in [3.63, 3.8) is 0 Å². The molecule has 0 aliphatic carbocycles. The van der Waals surface area contributed by atoms with E-state index in [9.17, 15) is 0 Å². The number of hydrogen-bond acceptors (Lipinski definition) is 3. The molecule has 8 heavy (non-hydrogen) atoms. The lowest BCUT2D eigenvalue weighted by molar-refractivity contribution is -0.0523. The molecule has 0 unspecified atom stereocenters. The fourth-order valence-corrected chi connectivity index (χ4v) is 0.608. The van der Waals surface area contributed by atoms with Gasteiger partial charge in [-0.25, -0.2) is 0 Å². The van der Waals surface area contributed by atoms with Gasteiger partial charge in [0.25, 0.3) is 0 Å². The van der Waals surface area contributed by atoms with Crippen LogP contribution in [-0.4, -0.2) is 36.3 Å². The van der Waals surface area contributed by atoms with E-state index in [1.807, 2.05) is 48.7 Å². The van der Waals surface area contributed by atoms with E-state index in [2.05, 4.69) is 0 Å². The van der Waals surface area contributed by atoms with E-state index in [4.69, 9.17) is 0 Å². The summed E-state index contributed by atoms with van der Waals surface area (Å²) in [5, 5.41) is 6.00. The fraction of sp³-hybridized carbons (Fsp3) is 0.600. The quantitative estimate of drug-likeness (QED) is 0.441. The maximum atomic E-state index is 2.00. The molecule has 3 nitrogen and oxygen atoms in total. The van der Waals surface area contributed by atoms with Crippen molar-refractivity contribution in [2.75, 3.05) is 21.1 Å². The standard InChI is InChI=1S/C5H11N3/c1-6-4-5-7(2)8(6)3/h4-5H,1-3H3. The lowest BCUT2D eigenvalue weighted by Crippen LogP contribution is -2.36. The Morgan fingerprint density at radius 3 is 1.38 bits per heavy atom. The summed E-state index contributed by atoms with van der Waals surface area (Å²) >= 11 is 0. The first-order chi connectivity index (χ1) is 3.72. The molecule has 0 aromatic carbocycles. The van der Waals surface area contributed by atoms with E-state index in [1.54, 1.807) is 0 Å². The minimum absolute atomic E-state index is 2.00. The van der Waals surface area contributed by atoms with Crippen LogP contribution in [0.4, 0.5) is 0 Å². The van der Waals surface area contributed by atoms with Crippen LogP contribution in [0.25, 0.3) is 0 Å². The highest BCUT2D eigenvalue weighted by molar-refractivity contribution is 4.82. The Morgan fingerprint density at radius 2 is 1.25 bits per heavy atom. The smallest absolute Gasteiger partial charge is 0.0349 e. The molecular formula is C5H11N3. The molecule has 1 rings (SSSR count). The molecule has 0 radical (unpaired) electrons. The molecule has 0 N–H and O–H groups in total. The van der Waals surface area contributed by atoms with Gasteiger partial charge in [0.1, 0.15) is 0 Å². The third-order valence-corrected chi connectivity index (χ3v) is 1.41. The van der Waals surface area contributed by atoms with Gasteiger partial charge in [-0.1, -0.05) is 0 Å². The summed E-state index contributed by atoms with van der Waals surface area (Å²) in [7, 11) is 6.00. The van der Waals surface area contributed by atoms with E-state index in [1.165, 1.54) is 0 Å². The third-order valence-electron chi connectivity index (χ3n) is 1.41. The summed E-state index contributed by atoms with van der Waals surface area (Å²) in [6, 6.07) is 0. The Morgan fingerprint density at radius 1 is 0.875 bits per heavy atom. The van der Waals surface area contributed by atoms with Gasteiger partial charge < -0.3 is 0 Å². The fourth-order valence-electron chi connectivity index (χ4n) is 0.608. The van der Waals surface area contributed by atoms with E-state index in [0.717, 1.165) is 0 Å². The average molecular weight is 113 g/mol. The third kappa shape index (κ3) is 0.648. The largest absolute Gasteiger partial charge is 0.297 e. The Hall–Kier alpha value is -0.700. The number of hydrazine groups is 2. The molecule has 0 spiro atoms. The van der Waals surface area contributed by atoms with Crippen molar-refractivity contribution >= 4 is 0 Å². The Labute approximate surface area is 49.7 Å². The molecule has 0 aromatic heterocycles. The molecule has 0 saturated heterocycles. The molecule has 0 saturated carbocycles. The number of nitrogens with zero attached hydrogens (tertiary/aromatic N) is 3. The Bertz CT molecular complexity index is 98.2. The lowest BCUT2D eigenvalue weighted by Gasteiger charge is -2.26. The van der Waals surface area contributed by atoms with Crippen molar-refractivity contribution in [1.29, 1.82) is 0 Å². The van der Waals surface area contributed by atoms with E-state index in [0.29, 0.717) is 0 Å². The molecule has 0 amide bonds. The van der Waals surface area contributed by atoms with Crippen LogP contribution in [0.1, 0.15) is 0 Å². The van der Waals surface area contributed by atoms with Crippen LogP contribution >= 0.6 is 0 Å². The van der Waals surface area contributed by atoms with Crippen LogP contribution in [0.15, 0.2) is 12.4 Å². The Kier molecular flexibility index (Phi) is 1.13. The molecule has 0 fully saturated rings. The molecular weight excluding hydrogens is 102 g/mol. The minimum atomic E-state index is 2.00. The zero-order valence-corrected chi connectivity index (χ0v) is 5.50. The van der Waals surface area contributed by atoms with Crippen LogP contribution in [0.2, 0.25) is 0 Å². The molecule has 46 valence electrons. The molecule has 0 aromatic rings. The van der Waals surface area contributed by atoms with Crippen LogP contribution in [0.3, 0.4) is 0 Å². The highest BCUT2D eigenvalue weighted by Crippen LogP contribution is 2.04. The number of hydrogen-bond donors (Lipinski definition) is 0. The summed E-state index contributed by atoms with van der Waals surface area (Å²) in [5.41, 5.74) is 0. The second-order valence-electron chi connectivity index (χ2n) is 1.93. The molecule has 1 heterocycles. The second-order valence-corrected chi connectivity index (χ2v) is 1.93. The molecule has 0 atom stereocenters. The van der Waals surface area contributed by atoms with Crippen molar-refractivity contribution in [1.82, 2.24) is 15.1 Å². The highest BCUT2D eigenvalue weighted by atomic mass is 15.9. The molecule has 1 aliphatic rings. The van der Waals surface area contributed by atoms with Crippen molar-refractivity contribution in [3.05, 3.63) is 12.4 Å². The van der Waals surface area contributed by atoms with Gasteiger partial charge in [-0.2, -0.15) is 0 Å². The first kappa shape index (κ1) is 5.44. The second kappa shape index (κ2) is 1.67. The summed E-state index contributed by atoms with van der Waals surface area (Å²) in [6.45, 7) is 0. The van der Waals surface area contributed by atoms with Crippen molar-refractivity contribution in [2.45, 2.75) is 0 Å². The minimum Gasteiger partial charge on any atom is -0.297 e. The van der Waals surface area contributed by atoms with Gasteiger partial charge in [0.05, 0.1) is 0 Å². The maximum absolute atomic E-state index is 2.00. The molecule has 0 bridgehead atoms.